The molecule has 4 rings (SSSR count). The lowest BCUT2D eigenvalue weighted by molar-refractivity contribution is -0.135. The van der Waals surface area contributed by atoms with Gasteiger partial charge in [-0.3, -0.25) is 14.2 Å². The maximum atomic E-state index is 13.1. The Morgan fingerprint density at radius 3 is 2.57 bits per heavy atom. The highest BCUT2D eigenvalue weighted by atomic mass is 32.2. The molecule has 0 aliphatic carbocycles. The molecule has 2 aliphatic rings. The quantitative estimate of drug-likeness (QED) is 0.742. The summed E-state index contributed by atoms with van der Waals surface area (Å²) >= 11 is 1.53. The zero-order chi connectivity index (χ0) is 19.7. The summed E-state index contributed by atoms with van der Waals surface area (Å²) in [6, 6.07) is 10.3. The number of rotatable bonds is 3. The van der Waals surface area contributed by atoms with E-state index < -0.39 is 0 Å². The number of anilines is 1. The van der Waals surface area contributed by atoms with Crippen molar-refractivity contribution in [2.75, 3.05) is 36.8 Å². The third-order valence-corrected chi connectivity index (χ3v) is 6.81. The minimum atomic E-state index is -0.160. The first-order chi connectivity index (χ1) is 13.6. The number of piperazine rings is 1. The predicted octanol–water partition coefficient (Wildman–Crippen LogP) is 2.18. The van der Waals surface area contributed by atoms with E-state index in [4.69, 9.17) is 0 Å². The molecule has 1 atom stereocenters. The largest absolute Gasteiger partial charge is 0.368 e. The molecule has 1 aromatic carbocycles. The van der Waals surface area contributed by atoms with E-state index in [0.29, 0.717) is 18.7 Å². The molecule has 0 unspecified atom stereocenters. The number of benzene rings is 1. The Morgan fingerprint density at radius 2 is 1.89 bits per heavy atom. The van der Waals surface area contributed by atoms with Crippen molar-refractivity contribution in [3.8, 4) is 0 Å². The molecule has 0 spiro atoms. The standard InChI is InChI=1S/C21H26N4O2S/c1-3-18-15(2)22-21-25(20(18)27)13-16(14-28-21)19(26)24-11-9-23(10-12-24)17-7-5-4-6-8-17/h4-8,16H,3,9-14H2,1-2H3/t16-/m0/s1. The van der Waals surface area contributed by atoms with Crippen LogP contribution in [0.4, 0.5) is 5.69 Å². The van der Waals surface area contributed by atoms with Crippen LogP contribution in [0, 0.1) is 12.8 Å². The number of amides is 1. The Bertz CT molecular complexity index is 920. The Hall–Kier alpha value is -2.28. The normalized spacial score (nSPS) is 19.4. The average Bonchev–Trinajstić information content (AvgIpc) is 2.74. The molecule has 1 aromatic heterocycles. The fraction of sp³-hybridized carbons (Fsp3) is 0.476. The number of para-hydroxylation sites is 1. The number of carbonyl (C=O) groups excluding carboxylic acids is 1. The first-order valence-electron chi connectivity index (χ1n) is 9.90. The molecule has 0 N–H and O–H groups in total. The van der Waals surface area contributed by atoms with Crippen LogP contribution in [0.25, 0.3) is 0 Å². The second-order valence-corrected chi connectivity index (χ2v) is 8.37. The lowest BCUT2D eigenvalue weighted by Crippen LogP contribution is -2.52. The first kappa shape index (κ1) is 19.1. The van der Waals surface area contributed by atoms with Gasteiger partial charge in [0.05, 0.1) is 5.92 Å². The third-order valence-electron chi connectivity index (χ3n) is 5.67. The highest BCUT2D eigenvalue weighted by Crippen LogP contribution is 2.27. The van der Waals surface area contributed by atoms with Crippen LogP contribution in [0.1, 0.15) is 18.2 Å². The van der Waals surface area contributed by atoms with Crippen LogP contribution < -0.4 is 10.5 Å². The van der Waals surface area contributed by atoms with Crippen LogP contribution in [-0.4, -0.2) is 52.3 Å². The van der Waals surface area contributed by atoms with E-state index in [1.807, 2.05) is 36.9 Å². The van der Waals surface area contributed by atoms with E-state index in [1.165, 1.54) is 17.4 Å². The molecule has 0 saturated carbocycles. The van der Waals surface area contributed by atoms with Crippen LogP contribution in [-0.2, 0) is 17.8 Å². The van der Waals surface area contributed by atoms with Gasteiger partial charge in [0.2, 0.25) is 5.91 Å². The number of carbonyl (C=O) groups is 1. The van der Waals surface area contributed by atoms with Crippen molar-refractivity contribution in [1.29, 1.82) is 0 Å². The number of thioether (sulfide) groups is 1. The minimum absolute atomic E-state index is 0.0175. The molecule has 3 heterocycles. The van der Waals surface area contributed by atoms with Crippen LogP contribution in [0.5, 0.6) is 0 Å². The van der Waals surface area contributed by atoms with E-state index in [0.717, 1.165) is 42.6 Å². The van der Waals surface area contributed by atoms with Gasteiger partial charge < -0.3 is 9.80 Å². The Kier molecular flexibility index (Phi) is 5.44. The molecule has 7 heteroatoms. The molecule has 6 nitrogen and oxygen atoms in total. The van der Waals surface area contributed by atoms with Crippen molar-refractivity contribution in [2.24, 2.45) is 5.92 Å². The smallest absolute Gasteiger partial charge is 0.257 e. The zero-order valence-electron chi connectivity index (χ0n) is 16.4. The summed E-state index contributed by atoms with van der Waals surface area (Å²) in [5.74, 6) is 0.693. The molecule has 1 saturated heterocycles. The van der Waals surface area contributed by atoms with Crippen molar-refractivity contribution < 1.29 is 4.79 Å². The lowest BCUT2D eigenvalue weighted by Gasteiger charge is -2.38. The average molecular weight is 399 g/mol. The highest BCUT2D eigenvalue weighted by Gasteiger charge is 2.32. The fourth-order valence-electron chi connectivity index (χ4n) is 4.03. The third kappa shape index (κ3) is 3.55. The first-order valence-corrected chi connectivity index (χ1v) is 10.9. The van der Waals surface area contributed by atoms with Gasteiger partial charge in [0.25, 0.3) is 5.56 Å². The molecule has 28 heavy (non-hydrogen) atoms. The molecule has 2 aliphatic heterocycles. The maximum Gasteiger partial charge on any atom is 0.257 e. The van der Waals surface area contributed by atoms with Gasteiger partial charge >= 0.3 is 0 Å². The summed E-state index contributed by atoms with van der Waals surface area (Å²) < 4.78 is 1.71. The monoisotopic (exact) mass is 398 g/mol. The molecule has 1 fully saturated rings. The summed E-state index contributed by atoms with van der Waals surface area (Å²) in [6.45, 7) is 7.44. The minimum Gasteiger partial charge on any atom is -0.368 e. The van der Waals surface area contributed by atoms with Gasteiger partial charge in [-0.05, 0) is 25.5 Å². The van der Waals surface area contributed by atoms with Crippen molar-refractivity contribution in [1.82, 2.24) is 14.5 Å². The summed E-state index contributed by atoms with van der Waals surface area (Å²) in [7, 11) is 0. The van der Waals surface area contributed by atoms with Gasteiger partial charge in [-0.1, -0.05) is 36.9 Å². The van der Waals surface area contributed by atoms with Gasteiger partial charge in [-0.25, -0.2) is 4.98 Å². The maximum absolute atomic E-state index is 13.1. The van der Waals surface area contributed by atoms with Crippen molar-refractivity contribution in [3.05, 3.63) is 51.9 Å². The summed E-state index contributed by atoms with van der Waals surface area (Å²) in [6.07, 6.45) is 0.669. The Labute approximate surface area is 169 Å². The number of nitrogens with zero attached hydrogens (tertiary/aromatic N) is 4. The SMILES string of the molecule is CCc1c(C)nc2n(c1=O)C[C@H](C(=O)N1CCN(c3ccccc3)CC1)CS2. The molecule has 148 valence electrons. The molecular formula is C21H26N4O2S. The predicted molar refractivity (Wildman–Crippen MR) is 112 cm³/mol. The van der Waals surface area contributed by atoms with Crippen LogP contribution in [0.2, 0.25) is 0 Å². The zero-order valence-corrected chi connectivity index (χ0v) is 17.2. The van der Waals surface area contributed by atoms with Gasteiger partial charge in [-0.15, -0.1) is 0 Å². The number of hydrogen-bond donors (Lipinski definition) is 0. The lowest BCUT2D eigenvalue weighted by atomic mass is 10.1. The molecule has 2 aromatic rings. The summed E-state index contributed by atoms with van der Waals surface area (Å²) in [5, 5.41) is 0.748. The number of aryl methyl sites for hydroxylation is 1. The Balaban J connectivity index is 1.44. The van der Waals surface area contributed by atoms with Crippen molar-refractivity contribution in [3.63, 3.8) is 0 Å². The summed E-state index contributed by atoms with van der Waals surface area (Å²) in [5.41, 5.74) is 2.79. The highest BCUT2D eigenvalue weighted by molar-refractivity contribution is 7.99. The van der Waals surface area contributed by atoms with Gasteiger partial charge in [0.1, 0.15) is 0 Å². The topological polar surface area (TPSA) is 58.4 Å². The van der Waals surface area contributed by atoms with Crippen molar-refractivity contribution >= 4 is 23.4 Å². The van der Waals surface area contributed by atoms with Gasteiger partial charge in [0, 0.05) is 55.4 Å². The van der Waals surface area contributed by atoms with Crippen LogP contribution >= 0.6 is 11.8 Å². The van der Waals surface area contributed by atoms with Crippen LogP contribution in [0.3, 0.4) is 0 Å². The van der Waals surface area contributed by atoms with Crippen molar-refractivity contribution in [2.45, 2.75) is 32.0 Å². The second-order valence-electron chi connectivity index (χ2n) is 7.38. The van der Waals surface area contributed by atoms with Gasteiger partial charge in [0.15, 0.2) is 5.16 Å². The number of hydrogen-bond acceptors (Lipinski definition) is 5. The van der Waals surface area contributed by atoms with Gasteiger partial charge in [-0.2, -0.15) is 0 Å². The molecular weight excluding hydrogens is 372 g/mol. The second kappa shape index (κ2) is 7.99. The van der Waals surface area contributed by atoms with E-state index in [-0.39, 0.29) is 17.4 Å². The summed E-state index contributed by atoms with van der Waals surface area (Å²) in [4.78, 5) is 34.8. The number of fused-ring (bicyclic) bond motifs is 1. The molecule has 0 bridgehead atoms. The fourth-order valence-corrected chi connectivity index (χ4v) is 5.15. The van der Waals surface area contributed by atoms with E-state index in [2.05, 4.69) is 22.0 Å². The Morgan fingerprint density at radius 1 is 1.18 bits per heavy atom. The molecule has 1 amide bonds. The van der Waals surface area contributed by atoms with E-state index >= 15 is 0 Å². The molecule has 0 radical (unpaired) electrons. The van der Waals surface area contributed by atoms with E-state index in [1.54, 1.807) is 4.57 Å². The van der Waals surface area contributed by atoms with E-state index in [9.17, 15) is 9.59 Å². The number of aromatic nitrogens is 2. The van der Waals surface area contributed by atoms with Crippen LogP contribution in [0.15, 0.2) is 40.3 Å².